The number of pyridine rings is 1. The SMILES string of the molecule is CC(C)Nc1nc2c(c(=O)n1-c1ccc(-c3ncc(F)cc3F)cc1)CCN(C(=O)c1ccc(Cl)c(Cl)c1)C2. The highest BCUT2D eigenvalue weighted by Crippen LogP contribution is 2.27. The van der Waals surface area contributed by atoms with Crippen molar-refractivity contribution in [3.05, 3.63) is 104 Å². The Hall–Kier alpha value is -3.82. The van der Waals surface area contributed by atoms with Gasteiger partial charge in [-0.2, -0.15) is 0 Å². The van der Waals surface area contributed by atoms with Crippen molar-refractivity contribution in [3.8, 4) is 16.9 Å². The van der Waals surface area contributed by atoms with Crippen LogP contribution in [0.4, 0.5) is 14.7 Å². The Balaban J connectivity index is 1.50. The molecule has 1 N–H and O–H groups in total. The molecule has 0 bridgehead atoms. The Morgan fingerprint density at radius 3 is 2.46 bits per heavy atom. The van der Waals surface area contributed by atoms with Gasteiger partial charge in [0.05, 0.1) is 34.2 Å². The van der Waals surface area contributed by atoms with Crippen LogP contribution in [0, 0.1) is 11.6 Å². The fourth-order valence-corrected chi connectivity index (χ4v) is 4.76. The van der Waals surface area contributed by atoms with Crippen LogP contribution in [0.3, 0.4) is 0 Å². The Morgan fingerprint density at radius 2 is 1.79 bits per heavy atom. The zero-order valence-corrected chi connectivity index (χ0v) is 22.5. The summed E-state index contributed by atoms with van der Waals surface area (Å²) in [6, 6.07) is 12.0. The Bertz CT molecular complexity index is 1640. The van der Waals surface area contributed by atoms with Gasteiger partial charge in [0.2, 0.25) is 5.95 Å². The molecule has 200 valence electrons. The first-order valence-corrected chi connectivity index (χ1v) is 13.0. The van der Waals surface area contributed by atoms with Crippen LogP contribution in [-0.4, -0.2) is 37.9 Å². The summed E-state index contributed by atoms with van der Waals surface area (Å²) in [6.45, 7) is 4.32. The number of anilines is 1. The van der Waals surface area contributed by atoms with Gasteiger partial charge in [-0.3, -0.25) is 14.6 Å². The van der Waals surface area contributed by atoms with Gasteiger partial charge in [0.25, 0.3) is 11.5 Å². The minimum Gasteiger partial charge on any atom is -0.353 e. The van der Waals surface area contributed by atoms with E-state index in [2.05, 4.69) is 10.3 Å². The molecule has 11 heteroatoms. The standard InChI is InChI=1S/C28H23Cl2F2N5O2/c1-15(2)34-28-35-24-14-36(26(38)17-5-8-21(29)22(30)11-17)10-9-20(24)27(39)37(28)19-6-3-16(4-7-19)25-23(32)12-18(31)13-33-25/h3-8,11-13,15H,9-10,14H2,1-2H3,(H,34,35). The van der Waals surface area contributed by atoms with E-state index in [0.29, 0.717) is 52.0 Å². The molecular formula is C28H23Cl2F2N5O2. The average Bonchev–Trinajstić information content (AvgIpc) is 2.90. The first-order chi connectivity index (χ1) is 18.6. The molecule has 0 saturated carbocycles. The number of aromatic nitrogens is 3. The summed E-state index contributed by atoms with van der Waals surface area (Å²) in [6.07, 6.45) is 1.27. The van der Waals surface area contributed by atoms with E-state index in [1.807, 2.05) is 13.8 Å². The van der Waals surface area contributed by atoms with Crippen molar-refractivity contribution in [2.45, 2.75) is 32.9 Å². The van der Waals surface area contributed by atoms with Crippen LogP contribution in [-0.2, 0) is 13.0 Å². The van der Waals surface area contributed by atoms with Crippen LogP contribution in [0.15, 0.2) is 59.5 Å². The summed E-state index contributed by atoms with van der Waals surface area (Å²) < 4.78 is 29.0. The second-order valence-corrected chi connectivity index (χ2v) is 10.3. The monoisotopic (exact) mass is 569 g/mol. The number of hydrogen-bond donors (Lipinski definition) is 1. The molecule has 2 aromatic carbocycles. The van der Waals surface area contributed by atoms with Crippen molar-refractivity contribution < 1.29 is 13.6 Å². The Labute approximate surface area is 233 Å². The molecule has 1 aliphatic heterocycles. The van der Waals surface area contributed by atoms with Crippen molar-refractivity contribution in [1.82, 2.24) is 19.4 Å². The van der Waals surface area contributed by atoms with E-state index >= 15 is 0 Å². The maximum absolute atomic E-state index is 14.2. The van der Waals surface area contributed by atoms with Gasteiger partial charge in [0, 0.05) is 35.3 Å². The van der Waals surface area contributed by atoms with Crippen molar-refractivity contribution in [1.29, 1.82) is 0 Å². The fraction of sp³-hybridized carbons (Fsp3) is 0.214. The van der Waals surface area contributed by atoms with Crippen LogP contribution >= 0.6 is 23.2 Å². The number of nitrogens with zero attached hydrogens (tertiary/aromatic N) is 4. The average molecular weight is 570 g/mol. The summed E-state index contributed by atoms with van der Waals surface area (Å²) in [7, 11) is 0. The zero-order chi connectivity index (χ0) is 27.8. The second kappa shape index (κ2) is 10.7. The lowest BCUT2D eigenvalue weighted by Gasteiger charge is -2.29. The van der Waals surface area contributed by atoms with Crippen LogP contribution < -0.4 is 10.9 Å². The fourth-order valence-electron chi connectivity index (χ4n) is 4.46. The number of hydrogen-bond acceptors (Lipinski definition) is 5. The van der Waals surface area contributed by atoms with E-state index in [0.717, 1.165) is 12.3 Å². The zero-order valence-electron chi connectivity index (χ0n) is 21.0. The summed E-state index contributed by atoms with van der Waals surface area (Å²) in [4.78, 5) is 37.1. The molecule has 0 radical (unpaired) electrons. The number of amides is 1. The summed E-state index contributed by atoms with van der Waals surface area (Å²) in [5.41, 5.74) is 2.11. The summed E-state index contributed by atoms with van der Waals surface area (Å²) in [5.74, 6) is -1.46. The molecule has 39 heavy (non-hydrogen) atoms. The van der Waals surface area contributed by atoms with Crippen molar-refractivity contribution in [2.24, 2.45) is 0 Å². The predicted octanol–water partition coefficient (Wildman–Crippen LogP) is 5.90. The number of benzene rings is 2. The molecule has 3 heterocycles. The predicted molar refractivity (Wildman–Crippen MR) is 147 cm³/mol. The van der Waals surface area contributed by atoms with E-state index in [1.54, 1.807) is 41.3 Å². The van der Waals surface area contributed by atoms with Gasteiger partial charge in [-0.1, -0.05) is 35.3 Å². The quantitative estimate of drug-likeness (QED) is 0.324. The molecule has 0 saturated heterocycles. The van der Waals surface area contributed by atoms with Gasteiger partial charge >= 0.3 is 0 Å². The molecule has 0 aliphatic carbocycles. The third-order valence-electron chi connectivity index (χ3n) is 6.31. The lowest BCUT2D eigenvalue weighted by atomic mass is 10.0. The third kappa shape index (κ3) is 5.37. The minimum atomic E-state index is -0.780. The maximum atomic E-state index is 14.2. The number of carbonyl (C=O) groups is 1. The molecule has 0 fully saturated rings. The van der Waals surface area contributed by atoms with E-state index in [1.165, 1.54) is 10.6 Å². The molecule has 1 amide bonds. The minimum absolute atomic E-state index is 0.00567. The molecule has 2 aromatic heterocycles. The smallest absolute Gasteiger partial charge is 0.263 e. The Kier molecular flexibility index (Phi) is 7.38. The summed E-state index contributed by atoms with van der Waals surface area (Å²) >= 11 is 12.1. The van der Waals surface area contributed by atoms with Crippen molar-refractivity contribution >= 4 is 35.1 Å². The van der Waals surface area contributed by atoms with Crippen LogP contribution in [0.1, 0.15) is 35.5 Å². The van der Waals surface area contributed by atoms with Crippen LogP contribution in [0.5, 0.6) is 0 Å². The molecule has 5 rings (SSSR count). The van der Waals surface area contributed by atoms with Crippen molar-refractivity contribution in [3.63, 3.8) is 0 Å². The highest BCUT2D eigenvalue weighted by molar-refractivity contribution is 6.42. The topological polar surface area (TPSA) is 80.1 Å². The van der Waals surface area contributed by atoms with Gasteiger partial charge in [0.1, 0.15) is 11.5 Å². The molecule has 0 unspecified atom stereocenters. The number of nitrogens with one attached hydrogen (secondary N) is 1. The summed E-state index contributed by atoms with van der Waals surface area (Å²) in [5, 5.41) is 3.86. The van der Waals surface area contributed by atoms with Gasteiger partial charge in [-0.15, -0.1) is 0 Å². The lowest BCUT2D eigenvalue weighted by Crippen LogP contribution is -2.41. The van der Waals surface area contributed by atoms with Gasteiger partial charge in [-0.25, -0.2) is 18.3 Å². The number of rotatable bonds is 5. The highest BCUT2D eigenvalue weighted by Gasteiger charge is 2.27. The van der Waals surface area contributed by atoms with E-state index < -0.39 is 11.6 Å². The first-order valence-electron chi connectivity index (χ1n) is 12.2. The second-order valence-electron chi connectivity index (χ2n) is 9.44. The highest BCUT2D eigenvalue weighted by atomic mass is 35.5. The molecular weight excluding hydrogens is 547 g/mol. The molecule has 7 nitrogen and oxygen atoms in total. The Morgan fingerprint density at radius 1 is 1.05 bits per heavy atom. The number of halogens is 4. The molecule has 1 aliphatic rings. The molecule has 4 aromatic rings. The maximum Gasteiger partial charge on any atom is 0.263 e. The van der Waals surface area contributed by atoms with E-state index in [4.69, 9.17) is 28.2 Å². The van der Waals surface area contributed by atoms with Crippen LogP contribution in [0.25, 0.3) is 16.9 Å². The van der Waals surface area contributed by atoms with Gasteiger partial charge in [0.15, 0.2) is 5.82 Å². The molecule has 0 spiro atoms. The van der Waals surface area contributed by atoms with E-state index in [-0.39, 0.29) is 34.8 Å². The number of fused-ring (bicyclic) bond motifs is 1. The van der Waals surface area contributed by atoms with Crippen molar-refractivity contribution in [2.75, 3.05) is 11.9 Å². The lowest BCUT2D eigenvalue weighted by molar-refractivity contribution is 0.0731. The third-order valence-corrected chi connectivity index (χ3v) is 7.05. The van der Waals surface area contributed by atoms with Crippen LogP contribution in [0.2, 0.25) is 10.0 Å². The van der Waals surface area contributed by atoms with Gasteiger partial charge in [-0.05, 0) is 50.6 Å². The largest absolute Gasteiger partial charge is 0.353 e. The number of carbonyl (C=O) groups excluding carboxylic acids is 1. The molecule has 0 atom stereocenters. The first kappa shape index (κ1) is 26.8. The van der Waals surface area contributed by atoms with E-state index in [9.17, 15) is 18.4 Å². The van der Waals surface area contributed by atoms with Gasteiger partial charge < -0.3 is 10.2 Å². The normalized spacial score (nSPS) is 12.9.